The summed E-state index contributed by atoms with van der Waals surface area (Å²) in [7, 11) is 3.80. The molecule has 1 amide bonds. The number of carbonyl (C=O) groups is 1. The Morgan fingerprint density at radius 1 is 1.30 bits per heavy atom. The lowest BCUT2D eigenvalue weighted by atomic mass is 10.1. The van der Waals surface area contributed by atoms with E-state index in [1.807, 2.05) is 19.0 Å². The number of amides is 1. The summed E-state index contributed by atoms with van der Waals surface area (Å²) in [6, 6.07) is 0. The molecule has 0 unspecified atom stereocenters. The number of hydrogen-bond acceptors (Lipinski definition) is 7. The second-order valence-corrected chi connectivity index (χ2v) is 5.53. The van der Waals surface area contributed by atoms with Crippen LogP contribution in [0.25, 0.3) is 0 Å². The number of aryl methyl sites for hydroxylation is 1. The fourth-order valence-corrected chi connectivity index (χ4v) is 2.57. The number of rotatable bonds is 3. The number of ether oxygens (including phenoxy) is 1. The van der Waals surface area contributed by atoms with Crippen LogP contribution < -0.4 is 4.90 Å². The molecule has 8 heteroatoms. The number of anilines is 1. The van der Waals surface area contributed by atoms with Crippen LogP contribution in [0.1, 0.15) is 28.0 Å². The van der Waals surface area contributed by atoms with E-state index in [0.29, 0.717) is 31.2 Å². The van der Waals surface area contributed by atoms with Crippen LogP contribution in [0.3, 0.4) is 0 Å². The van der Waals surface area contributed by atoms with Crippen molar-refractivity contribution in [1.82, 2.24) is 19.9 Å². The number of hydrogen-bond donors (Lipinski definition) is 0. The third-order valence-electron chi connectivity index (χ3n) is 3.74. The van der Waals surface area contributed by atoms with Gasteiger partial charge in [-0.15, -0.1) is 0 Å². The van der Waals surface area contributed by atoms with Crippen molar-refractivity contribution in [2.45, 2.75) is 13.0 Å². The van der Waals surface area contributed by atoms with Gasteiger partial charge in [0.05, 0.1) is 13.2 Å². The Kier molecular flexibility index (Phi) is 4.24. The molecule has 1 saturated heterocycles. The zero-order chi connectivity index (χ0) is 16.4. The molecule has 1 aliphatic heterocycles. The molecule has 1 fully saturated rings. The van der Waals surface area contributed by atoms with Crippen LogP contribution in [0.2, 0.25) is 0 Å². The van der Waals surface area contributed by atoms with Gasteiger partial charge in [0.2, 0.25) is 0 Å². The minimum atomic E-state index is -0.314. The predicted octanol–water partition coefficient (Wildman–Crippen LogP) is 1.05. The summed E-state index contributed by atoms with van der Waals surface area (Å²) in [6.07, 6.45) is 4.25. The van der Waals surface area contributed by atoms with E-state index < -0.39 is 0 Å². The molecular weight excluding hydrogens is 298 g/mol. The van der Waals surface area contributed by atoms with Crippen LogP contribution in [0.5, 0.6) is 0 Å². The lowest BCUT2D eigenvalue weighted by molar-refractivity contribution is -0.0248. The number of carbonyl (C=O) groups excluding carboxylic acids is 1. The molecule has 0 spiro atoms. The van der Waals surface area contributed by atoms with Gasteiger partial charge in [-0.3, -0.25) is 9.78 Å². The Labute approximate surface area is 134 Å². The summed E-state index contributed by atoms with van der Waals surface area (Å²) in [6.45, 7) is 3.09. The maximum absolute atomic E-state index is 12.6. The van der Waals surface area contributed by atoms with Gasteiger partial charge in [0.1, 0.15) is 17.6 Å². The second kappa shape index (κ2) is 6.33. The summed E-state index contributed by atoms with van der Waals surface area (Å²) < 4.78 is 10.9. The van der Waals surface area contributed by atoms with Crippen molar-refractivity contribution in [2.75, 3.05) is 38.7 Å². The number of nitrogens with zero attached hydrogens (tertiary/aromatic N) is 5. The van der Waals surface area contributed by atoms with Gasteiger partial charge < -0.3 is 19.0 Å². The molecule has 0 bridgehead atoms. The van der Waals surface area contributed by atoms with Gasteiger partial charge in [0, 0.05) is 33.0 Å². The van der Waals surface area contributed by atoms with Crippen molar-refractivity contribution in [3.63, 3.8) is 0 Å². The van der Waals surface area contributed by atoms with Crippen LogP contribution in [0.15, 0.2) is 23.2 Å². The summed E-state index contributed by atoms with van der Waals surface area (Å²) in [4.78, 5) is 28.9. The minimum Gasteiger partial charge on any atom is -0.448 e. The standard InChI is InChI=1S/C15H19N5O3/c1-10-12(18-9-23-10)15(21)20-6-7-22-11(8-20)13-14(19(2)3)17-5-4-16-13/h4-5,9,11H,6-8H2,1-3H3/t11-/m0/s1. The lowest BCUT2D eigenvalue weighted by Crippen LogP contribution is -2.43. The first-order valence-corrected chi connectivity index (χ1v) is 7.37. The molecule has 2 aromatic rings. The monoisotopic (exact) mass is 317 g/mol. The number of oxazole rings is 1. The second-order valence-electron chi connectivity index (χ2n) is 5.53. The van der Waals surface area contributed by atoms with Crippen molar-refractivity contribution >= 4 is 11.7 Å². The Morgan fingerprint density at radius 3 is 2.78 bits per heavy atom. The van der Waals surface area contributed by atoms with Gasteiger partial charge in [0.25, 0.3) is 5.91 Å². The van der Waals surface area contributed by atoms with Crippen LogP contribution >= 0.6 is 0 Å². The summed E-state index contributed by atoms with van der Waals surface area (Å²) in [5.74, 6) is 1.11. The first-order valence-electron chi connectivity index (χ1n) is 7.37. The van der Waals surface area contributed by atoms with Crippen LogP contribution in [0, 0.1) is 6.92 Å². The zero-order valence-electron chi connectivity index (χ0n) is 13.4. The molecular formula is C15H19N5O3. The number of aromatic nitrogens is 3. The summed E-state index contributed by atoms with van der Waals surface area (Å²) >= 11 is 0. The summed E-state index contributed by atoms with van der Waals surface area (Å²) in [5.41, 5.74) is 1.07. The van der Waals surface area contributed by atoms with E-state index in [2.05, 4.69) is 15.0 Å². The van der Waals surface area contributed by atoms with Gasteiger partial charge in [-0.25, -0.2) is 9.97 Å². The van der Waals surface area contributed by atoms with Crippen molar-refractivity contribution in [2.24, 2.45) is 0 Å². The highest BCUT2D eigenvalue weighted by Gasteiger charge is 2.31. The molecule has 3 heterocycles. The Balaban J connectivity index is 1.82. The van der Waals surface area contributed by atoms with Crippen LogP contribution in [0.4, 0.5) is 5.82 Å². The molecule has 8 nitrogen and oxygen atoms in total. The van der Waals surface area contributed by atoms with Gasteiger partial charge in [-0.2, -0.15) is 0 Å². The van der Waals surface area contributed by atoms with Gasteiger partial charge in [-0.1, -0.05) is 0 Å². The maximum atomic E-state index is 12.6. The molecule has 23 heavy (non-hydrogen) atoms. The molecule has 0 N–H and O–H groups in total. The fourth-order valence-electron chi connectivity index (χ4n) is 2.57. The van der Waals surface area contributed by atoms with Gasteiger partial charge >= 0.3 is 0 Å². The molecule has 0 aromatic carbocycles. The van der Waals surface area contributed by atoms with E-state index in [1.165, 1.54) is 6.39 Å². The largest absolute Gasteiger partial charge is 0.448 e. The minimum absolute atomic E-state index is 0.153. The first kappa shape index (κ1) is 15.4. The quantitative estimate of drug-likeness (QED) is 0.836. The molecule has 122 valence electrons. The van der Waals surface area contributed by atoms with E-state index in [0.717, 1.165) is 11.5 Å². The first-order chi connectivity index (χ1) is 11.1. The highest BCUT2D eigenvalue weighted by Crippen LogP contribution is 2.27. The van der Waals surface area contributed by atoms with Crippen LogP contribution in [-0.2, 0) is 4.74 Å². The summed E-state index contributed by atoms with van der Waals surface area (Å²) in [5, 5.41) is 0. The van der Waals surface area contributed by atoms with Crippen molar-refractivity contribution < 1.29 is 13.9 Å². The Hall–Kier alpha value is -2.48. The maximum Gasteiger partial charge on any atom is 0.276 e. The van der Waals surface area contributed by atoms with E-state index in [1.54, 1.807) is 24.2 Å². The normalized spacial score (nSPS) is 18.0. The molecule has 0 saturated carbocycles. The highest BCUT2D eigenvalue weighted by atomic mass is 16.5. The topological polar surface area (TPSA) is 84.6 Å². The lowest BCUT2D eigenvalue weighted by Gasteiger charge is -2.33. The highest BCUT2D eigenvalue weighted by molar-refractivity contribution is 5.93. The third-order valence-corrected chi connectivity index (χ3v) is 3.74. The van der Waals surface area contributed by atoms with E-state index >= 15 is 0 Å². The van der Waals surface area contributed by atoms with Crippen molar-refractivity contribution in [3.05, 3.63) is 35.9 Å². The SMILES string of the molecule is Cc1ocnc1C(=O)N1CCO[C@H](c2nccnc2N(C)C)C1. The van der Waals surface area contributed by atoms with Gasteiger partial charge in [0.15, 0.2) is 17.9 Å². The molecule has 0 radical (unpaired) electrons. The fraction of sp³-hybridized carbons (Fsp3) is 0.467. The molecule has 3 rings (SSSR count). The van der Waals surface area contributed by atoms with Crippen LogP contribution in [-0.4, -0.2) is 59.6 Å². The molecule has 2 aromatic heterocycles. The zero-order valence-corrected chi connectivity index (χ0v) is 13.4. The third kappa shape index (κ3) is 3.02. The predicted molar refractivity (Wildman–Crippen MR) is 82.2 cm³/mol. The van der Waals surface area contributed by atoms with Crippen molar-refractivity contribution in [3.8, 4) is 0 Å². The van der Waals surface area contributed by atoms with E-state index in [9.17, 15) is 4.79 Å². The Bertz CT molecular complexity index is 700. The smallest absolute Gasteiger partial charge is 0.276 e. The number of morpholine rings is 1. The molecule has 1 atom stereocenters. The van der Waals surface area contributed by atoms with E-state index in [4.69, 9.17) is 9.15 Å². The Morgan fingerprint density at radius 2 is 2.09 bits per heavy atom. The average Bonchev–Trinajstić information content (AvgIpc) is 3.00. The van der Waals surface area contributed by atoms with Crippen molar-refractivity contribution in [1.29, 1.82) is 0 Å². The van der Waals surface area contributed by atoms with E-state index in [-0.39, 0.29) is 12.0 Å². The molecule has 0 aliphatic carbocycles. The average molecular weight is 317 g/mol. The van der Waals surface area contributed by atoms with Gasteiger partial charge in [-0.05, 0) is 6.92 Å². The molecule has 1 aliphatic rings.